The number of thioether (sulfide) groups is 1. The van der Waals surface area contributed by atoms with Crippen molar-refractivity contribution in [2.45, 2.75) is 31.4 Å². The molecule has 0 aromatic heterocycles. The van der Waals surface area contributed by atoms with Crippen LogP contribution in [0, 0.1) is 20.8 Å². The van der Waals surface area contributed by atoms with Gasteiger partial charge in [-0.05, 0) is 49.6 Å². The Kier molecular flexibility index (Phi) is 3.97. The largest absolute Gasteiger partial charge is 0.398 e. The van der Waals surface area contributed by atoms with Crippen molar-refractivity contribution in [3.8, 4) is 0 Å². The van der Waals surface area contributed by atoms with Gasteiger partial charge in [0.1, 0.15) is 0 Å². The Morgan fingerprint density at radius 3 is 2.33 bits per heavy atom. The fourth-order valence-electron chi connectivity index (χ4n) is 1.91. The number of hydrogen-bond acceptors (Lipinski definition) is 2. The Morgan fingerprint density at radius 2 is 1.61 bits per heavy atom. The van der Waals surface area contributed by atoms with Gasteiger partial charge >= 0.3 is 0 Å². The SMILES string of the molecule is Cc1ccc(SCc2cc(C)ccc2C)c(N)c1. The van der Waals surface area contributed by atoms with Crippen LogP contribution in [0.25, 0.3) is 0 Å². The zero-order chi connectivity index (χ0) is 13.1. The molecule has 0 amide bonds. The van der Waals surface area contributed by atoms with Crippen LogP contribution >= 0.6 is 11.8 Å². The lowest BCUT2D eigenvalue weighted by Crippen LogP contribution is -1.91. The van der Waals surface area contributed by atoms with E-state index in [2.05, 4.69) is 51.1 Å². The van der Waals surface area contributed by atoms with E-state index in [4.69, 9.17) is 5.73 Å². The Hall–Kier alpha value is -1.41. The predicted molar refractivity (Wildman–Crippen MR) is 81.1 cm³/mol. The van der Waals surface area contributed by atoms with Crippen LogP contribution in [-0.2, 0) is 5.75 Å². The first-order chi connectivity index (χ1) is 8.56. The standard InChI is InChI=1S/C16H19NS/c1-11-4-6-13(3)14(8-11)10-18-16-7-5-12(2)9-15(16)17/h4-9H,10,17H2,1-3H3. The van der Waals surface area contributed by atoms with Crippen molar-refractivity contribution in [1.29, 1.82) is 0 Å². The van der Waals surface area contributed by atoms with Crippen LogP contribution in [-0.4, -0.2) is 0 Å². The summed E-state index contributed by atoms with van der Waals surface area (Å²) in [6.07, 6.45) is 0. The predicted octanol–water partition coefficient (Wildman–Crippen LogP) is 4.49. The summed E-state index contributed by atoms with van der Waals surface area (Å²) in [5.41, 5.74) is 12.2. The van der Waals surface area contributed by atoms with Crippen molar-refractivity contribution in [3.63, 3.8) is 0 Å². The lowest BCUT2D eigenvalue weighted by molar-refractivity contribution is 1.27. The van der Waals surface area contributed by atoms with Crippen molar-refractivity contribution in [3.05, 3.63) is 58.7 Å². The van der Waals surface area contributed by atoms with Gasteiger partial charge in [0.25, 0.3) is 0 Å². The van der Waals surface area contributed by atoms with Gasteiger partial charge < -0.3 is 5.73 Å². The molecular formula is C16H19NS. The average Bonchev–Trinajstić information content (AvgIpc) is 2.32. The molecule has 2 rings (SSSR count). The van der Waals surface area contributed by atoms with Crippen molar-refractivity contribution >= 4 is 17.4 Å². The van der Waals surface area contributed by atoms with Crippen LogP contribution < -0.4 is 5.73 Å². The van der Waals surface area contributed by atoms with Gasteiger partial charge in [-0.2, -0.15) is 0 Å². The molecule has 2 heteroatoms. The summed E-state index contributed by atoms with van der Waals surface area (Å²) < 4.78 is 0. The molecule has 0 fully saturated rings. The monoisotopic (exact) mass is 257 g/mol. The quantitative estimate of drug-likeness (QED) is 0.648. The summed E-state index contributed by atoms with van der Waals surface area (Å²) in [5, 5.41) is 0. The van der Waals surface area contributed by atoms with Crippen LogP contribution in [0.5, 0.6) is 0 Å². The van der Waals surface area contributed by atoms with Gasteiger partial charge in [0.05, 0.1) is 0 Å². The molecule has 2 aromatic rings. The van der Waals surface area contributed by atoms with Gasteiger partial charge in [-0.1, -0.05) is 29.8 Å². The van der Waals surface area contributed by atoms with E-state index in [1.165, 1.54) is 27.1 Å². The third-order valence-electron chi connectivity index (χ3n) is 3.05. The molecule has 0 spiro atoms. The Balaban J connectivity index is 2.13. The van der Waals surface area contributed by atoms with E-state index in [-0.39, 0.29) is 0 Å². The van der Waals surface area contributed by atoms with Crippen molar-refractivity contribution in [1.82, 2.24) is 0 Å². The van der Waals surface area contributed by atoms with Gasteiger partial charge in [0, 0.05) is 16.3 Å². The van der Waals surface area contributed by atoms with E-state index in [1.54, 1.807) is 11.8 Å². The van der Waals surface area contributed by atoms with E-state index >= 15 is 0 Å². The lowest BCUT2D eigenvalue weighted by Gasteiger charge is -2.09. The number of rotatable bonds is 3. The highest BCUT2D eigenvalue weighted by Gasteiger charge is 2.03. The first-order valence-corrected chi connectivity index (χ1v) is 7.10. The number of anilines is 1. The van der Waals surface area contributed by atoms with E-state index in [1.807, 2.05) is 6.07 Å². The second-order valence-corrected chi connectivity index (χ2v) is 5.78. The minimum absolute atomic E-state index is 0.880. The summed E-state index contributed by atoms with van der Waals surface area (Å²) in [6.45, 7) is 6.36. The van der Waals surface area contributed by atoms with Crippen LogP contribution in [0.15, 0.2) is 41.3 Å². The highest BCUT2D eigenvalue weighted by atomic mass is 32.2. The maximum Gasteiger partial charge on any atom is 0.0454 e. The van der Waals surface area contributed by atoms with Crippen LogP contribution in [0.3, 0.4) is 0 Å². The maximum atomic E-state index is 6.03. The molecule has 0 atom stereocenters. The van der Waals surface area contributed by atoms with E-state index < -0.39 is 0 Å². The lowest BCUT2D eigenvalue weighted by atomic mass is 10.1. The number of hydrogen-bond donors (Lipinski definition) is 1. The van der Waals surface area contributed by atoms with Crippen LogP contribution in [0.1, 0.15) is 22.3 Å². The second kappa shape index (κ2) is 5.49. The fourth-order valence-corrected chi connectivity index (χ4v) is 2.92. The minimum Gasteiger partial charge on any atom is -0.398 e. The Bertz CT molecular complexity index is 561. The highest BCUT2D eigenvalue weighted by molar-refractivity contribution is 7.98. The smallest absolute Gasteiger partial charge is 0.0454 e. The summed E-state index contributed by atoms with van der Waals surface area (Å²) in [5.74, 6) is 0.973. The fraction of sp³-hybridized carbons (Fsp3) is 0.250. The van der Waals surface area contributed by atoms with Gasteiger partial charge in [-0.15, -0.1) is 11.8 Å². The molecule has 0 bridgehead atoms. The van der Waals surface area contributed by atoms with Crippen molar-refractivity contribution < 1.29 is 0 Å². The average molecular weight is 257 g/mol. The maximum absolute atomic E-state index is 6.03. The molecule has 1 nitrogen and oxygen atoms in total. The number of nitrogens with two attached hydrogens (primary N) is 1. The summed E-state index contributed by atoms with van der Waals surface area (Å²) in [4.78, 5) is 1.17. The van der Waals surface area contributed by atoms with Crippen molar-refractivity contribution in [2.75, 3.05) is 5.73 Å². The number of nitrogen functional groups attached to an aromatic ring is 1. The molecule has 0 saturated heterocycles. The molecule has 0 aliphatic heterocycles. The van der Waals surface area contributed by atoms with Crippen molar-refractivity contribution in [2.24, 2.45) is 0 Å². The minimum atomic E-state index is 0.880. The molecular weight excluding hydrogens is 238 g/mol. The second-order valence-electron chi connectivity index (χ2n) is 4.76. The van der Waals surface area contributed by atoms with Crippen LogP contribution in [0.4, 0.5) is 5.69 Å². The number of aryl methyl sites for hydroxylation is 3. The molecule has 94 valence electrons. The van der Waals surface area contributed by atoms with Crippen LogP contribution in [0.2, 0.25) is 0 Å². The molecule has 0 heterocycles. The van der Waals surface area contributed by atoms with E-state index in [0.29, 0.717) is 0 Å². The van der Waals surface area contributed by atoms with E-state index in [9.17, 15) is 0 Å². The van der Waals surface area contributed by atoms with Gasteiger partial charge in [0.2, 0.25) is 0 Å². The van der Waals surface area contributed by atoms with E-state index in [0.717, 1.165) is 11.4 Å². The highest BCUT2D eigenvalue weighted by Crippen LogP contribution is 2.29. The summed E-state index contributed by atoms with van der Waals surface area (Å²) in [7, 11) is 0. The molecule has 2 aromatic carbocycles. The zero-order valence-corrected chi connectivity index (χ0v) is 12.0. The van der Waals surface area contributed by atoms with Gasteiger partial charge in [0.15, 0.2) is 0 Å². The third kappa shape index (κ3) is 3.08. The zero-order valence-electron chi connectivity index (χ0n) is 11.2. The molecule has 18 heavy (non-hydrogen) atoms. The molecule has 0 unspecified atom stereocenters. The first kappa shape index (κ1) is 13.0. The van der Waals surface area contributed by atoms with Gasteiger partial charge in [-0.3, -0.25) is 0 Å². The Morgan fingerprint density at radius 1 is 0.944 bits per heavy atom. The molecule has 0 aliphatic carbocycles. The molecule has 0 radical (unpaired) electrons. The Labute approximate surface area is 113 Å². The summed E-state index contributed by atoms with van der Waals surface area (Å²) >= 11 is 1.81. The van der Waals surface area contributed by atoms with Gasteiger partial charge in [-0.25, -0.2) is 0 Å². The first-order valence-electron chi connectivity index (χ1n) is 6.11. The molecule has 0 saturated carbocycles. The topological polar surface area (TPSA) is 26.0 Å². The molecule has 2 N–H and O–H groups in total. The summed E-state index contributed by atoms with van der Waals surface area (Å²) in [6, 6.07) is 12.9. The third-order valence-corrected chi connectivity index (χ3v) is 4.19. The normalized spacial score (nSPS) is 10.6. The molecule has 0 aliphatic rings. The number of benzene rings is 2.